The molecule has 0 saturated heterocycles. The number of carbonyl (C=O) groups is 1. The highest BCUT2D eigenvalue weighted by Crippen LogP contribution is 2.17. The number of Topliss-reactive ketones (excluding diaryl/α,β-unsaturated/α-hetero) is 1. The number of sulfone groups is 2. The first kappa shape index (κ1) is 18.5. The van der Waals surface area contributed by atoms with E-state index in [0.717, 1.165) is 6.26 Å². The number of hydrogen-bond acceptors (Lipinski definition) is 6. The highest BCUT2D eigenvalue weighted by Gasteiger charge is 2.29. The summed E-state index contributed by atoms with van der Waals surface area (Å²) in [7, 11) is -6.53. The van der Waals surface area contributed by atoms with Gasteiger partial charge in [-0.3, -0.25) is 4.79 Å². The van der Waals surface area contributed by atoms with Crippen LogP contribution in [0.5, 0.6) is 0 Å². The van der Waals surface area contributed by atoms with Gasteiger partial charge in [0.25, 0.3) is 0 Å². The summed E-state index contributed by atoms with van der Waals surface area (Å²) >= 11 is 0. The highest BCUT2D eigenvalue weighted by atomic mass is 32.2. The van der Waals surface area contributed by atoms with E-state index < -0.39 is 36.2 Å². The maximum absolute atomic E-state index is 11.8. The largest absolute Gasteiger partial charge is 0.321 e. The summed E-state index contributed by atoms with van der Waals surface area (Å²) in [4.78, 5) is 11.6. The lowest BCUT2D eigenvalue weighted by molar-refractivity contribution is -0.119. The van der Waals surface area contributed by atoms with Crippen molar-refractivity contribution < 1.29 is 21.6 Å². The predicted molar refractivity (Wildman–Crippen MR) is 75.5 cm³/mol. The normalized spacial score (nSPS) is 15.2. The summed E-state index contributed by atoms with van der Waals surface area (Å²) in [6, 6.07) is -0.926. The van der Waals surface area contributed by atoms with Crippen LogP contribution in [0.4, 0.5) is 0 Å². The lowest BCUT2D eigenvalue weighted by Gasteiger charge is -2.19. The molecule has 8 heteroatoms. The van der Waals surface area contributed by atoms with Crippen LogP contribution in [0.1, 0.15) is 33.6 Å². The second-order valence-electron chi connectivity index (χ2n) is 5.67. The summed E-state index contributed by atoms with van der Waals surface area (Å²) in [5.41, 5.74) is 5.55. The number of carbonyl (C=O) groups excluding carboxylic acids is 1. The smallest absolute Gasteiger partial charge is 0.155 e. The molecular weight excluding hydrogens is 290 g/mol. The van der Waals surface area contributed by atoms with Crippen LogP contribution in [0.25, 0.3) is 0 Å². The summed E-state index contributed by atoms with van der Waals surface area (Å²) in [5.74, 6) is -0.857. The van der Waals surface area contributed by atoms with Crippen LogP contribution in [0.2, 0.25) is 0 Å². The molecular formula is C11H23NO5S2. The molecule has 0 aliphatic rings. The Morgan fingerprint density at radius 3 is 1.95 bits per heavy atom. The van der Waals surface area contributed by atoms with Crippen LogP contribution in [-0.2, 0) is 24.5 Å². The molecule has 2 N–H and O–H groups in total. The zero-order valence-corrected chi connectivity index (χ0v) is 13.5. The van der Waals surface area contributed by atoms with E-state index in [0.29, 0.717) is 0 Å². The minimum Gasteiger partial charge on any atom is -0.321 e. The van der Waals surface area contributed by atoms with Gasteiger partial charge in [-0.25, -0.2) is 16.8 Å². The molecule has 0 saturated carbocycles. The van der Waals surface area contributed by atoms with Crippen LogP contribution in [0.3, 0.4) is 0 Å². The molecule has 0 amide bonds. The Hall–Kier alpha value is -0.470. The monoisotopic (exact) mass is 313 g/mol. The molecule has 0 aliphatic heterocycles. The van der Waals surface area contributed by atoms with Gasteiger partial charge in [0, 0.05) is 12.7 Å². The van der Waals surface area contributed by atoms with Crippen molar-refractivity contribution in [2.45, 2.75) is 44.4 Å². The molecule has 1 unspecified atom stereocenters. The van der Waals surface area contributed by atoms with Gasteiger partial charge in [-0.05, 0) is 27.2 Å². The Morgan fingerprint density at radius 2 is 1.58 bits per heavy atom. The summed E-state index contributed by atoms with van der Waals surface area (Å²) in [6.07, 6.45) is 0.909. The fourth-order valence-electron chi connectivity index (χ4n) is 1.23. The maximum Gasteiger partial charge on any atom is 0.155 e. The number of rotatable bonds is 7. The summed E-state index contributed by atoms with van der Waals surface area (Å²) in [5, 5.41) is 0. The van der Waals surface area contributed by atoms with Gasteiger partial charge in [-0.1, -0.05) is 0 Å². The molecule has 0 rings (SSSR count). The number of nitrogens with two attached hydrogens (primary N) is 1. The van der Waals surface area contributed by atoms with Crippen molar-refractivity contribution in [3.8, 4) is 0 Å². The number of hydrogen-bond donors (Lipinski definition) is 1. The van der Waals surface area contributed by atoms with Gasteiger partial charge in [0.2, 0.25) is 0 Å². The van der Waals surface area contributed by atoms with Crippen LogP contribution < -0.4 is 5.73 Å². The minimum absolute atomic E-state index is 0.0211. The second-order valence-corrected chi connectivity index (χ2v) is 10.8. The van der Waals surface area contributed by atoms with Crippen LogP contribution in [0, 0.1) is 0 Å². The molecule has 0 aliphatic carbocycles. The van der Waals surface area contributed by atoms with Gasteiger partial charge in [0.05, 0.1) is 22.3 Å². The third-order valence-corrected chi connectivity index (χ3v) is 6.35. The van der Waals surface area contributed by atoms with Crippen LogP contribution in [-0.4, -0.2) is 51.2 Å². The lowest BCUT2D eigenvalue weighted by atomic mass is 10.1. The first-order valence-electron chi connectivity index (χ1n) is 5.94. The topological polar surface area (TPSA) is 111 Å². The molecule has 6 nitrogen and oxygen atoms in total. The van der Waals surface area contributed by atoms with Gasteiger partial charge in [-0.15, -0.1) is 0 Å². The Bertz CT molecular complexity index is 514. The van der Waals surface area contributed by atoms with Gasteiger partial charge < -0.3 is 5.73 Å². The average molecular weight is 313 g/mol. The first-order valence-corrected chi connectivity index (χ1v) is 9.66. The molecule has 0 aromatic rings. The van der Waals surface area contributed by atoms with Crippen LogP contribution in [0.15, 0.2) is 0 Å². The predicted octanol–water partition coefficient (Wildman–Crippen LogP) is -0.0791. The molecule has 114 valence electrons. The van der Waals surface area contributed by atoms with Crippen molar-refractivity contribution in [2.75, 3.05) is 17.8 Å². The Kier molecular flexibility index (Phi) is 6.16. The van der Waals surface area contributed by atoms with E-state index >= 15 is 0 Å². The molecule has 0 fully saturated rings. The minimum atomic E-state index is -3.36. The fourth-order valence-corrected chi connectivity index (χ4v) is 2.99. The van der Waals surface area contributed by atoms with Crippen molar-refractivity contribution in [1.82, 2.24) is 0 Å². The molecule has 0 bridgehead atoms. The molecule has 0 aromatic carbocycles. The van der Waals surface area contributed by atoms with E-state index in [1.807, 2.05) is 0 Å². The van der Waals surface area contributed by atoms with E-state index in [1.54, 1.807) is 20.8 Å². The molecule has 0 radical (unpaired) electrons. The standard InChI is InChI=1S/C11H23NO5S2/c1-11(2,3)19(16,17)8-6-10(13)9(12)5-7-18(4,14)15/h9H,5-8,12H2,1-4H3. The van der Waals surface area contributed by atoms with Crippen molar-refractivity contribution in [2.24, 2.45) is 5.73 Å². The highest BCUT2D eigenvalue weighted by molar-refractivity contribution is 7.92. The van der Waals surface area contributed by atoms with Gasteiger partial charge in [0.1, 0.15) is 9.84 Å². The quantitative estimate of drug-likeness (QED) is 0.703. The van der Waals surface area contributed by atoms with Crippen LogP contribution >= 0.6 is 0 Å². The Morgan fingerprint density at radius 1 is 1.11 bits per heavy atom. The van der Waals surface area contributed by atoms with E-state index in [1.165, 1.54) is 0 Å². The Balaban J connectivity index is 4.41. The molecule has 0 heterocycles. The summed E-state index contributed by atoms with van der Waals surface area (Å²) < 4.78 is 44.6. The van der Waals surface area contributed by atoms with Crippen molar-refractivity contribution in [3.05, 3.63) is 0 Å². The Labute approximate surface area is 115 Å². The zero-order valence-electron chi connectivity index (χ0n) is 11.8. The van der Waals surface area contributed by atoms with Gasteiger partial charge >= 0.3 is 0 Å². The fraction of sp³-hybridized carbons (Fsp3) is 0.909. The van der Waals surface area contributed by atoms with Crippen molar-refractivity contribution in [1.29, 1.82) is 0 Å². The molecule has 0 aromatic heterocycles. The third kappa shape index (κ3) is 7.03. The third-order valence-electron chi connectivity index (χ3n) is 2.76. The van der Waals surface area contributed by atoms with E-state index in [9.17, 15) is 21.6 Å². The average Bonchev–Trinajstić information content (AvgIpc) is 2.19. The first-order chi connectivity index (χ1) is 8.26. The van der Waals surface area contributed by atoms with Crippen molar-refractivity contribution >= 4 is 25.5 Å². The lowest BCUT2D eigenvalue weighted by Crippen LogP contribution is -2.36. The second kappa shape index (κ2) is 6.32. The maximum atomic E-state index is 11.8. The number of ketones is 1. The summed E-state index contributed by atoms with van der Waals surface area (Å²) in [6.45, 7) is 4.70. The van der Waals surface area contributed by atoms with E-state index in [4.69, 9.17) is 5.73 Å². The molecule has 19 heavy (non-hydrogen) atoms. The molecule has 0 spiro atoms. The SMILES string of the molecule is CC(C)(C)S(=O)(=O)CCC(=O)C(N)CCS(C)(=O)=O. The molecule has 1 atom stereocenters. The van der Waals surface area contributed by atoms with E-state index in [2.05, 4.69) is 0 Å². The van der Waals surface area contributed by atoms with E-state index in [-0.39, 0.29) is 24.3 Å². The van der Waals surface area contributed by atoms with Gasteiger partial charge in [0.15, 0.2) is 15.6 Å². The zero-order chi connectivity index (χ0) is 15.5. The van der Waals surface area contributed by atoms with Gasteiger partial charge in [-0.2, -0.15) is 0 Å². The van der Waals surface area contributed by atoms with Crippen molar-refractivity contribution in [3.63, 3.8) is 0 Å².